The minimum absolute atomic E-state index is 0.0765. The molecule has 1 aliphatic heterocycles. The van der Waals surface area contributed by atoms with Crippen molar-refractivity contribution in [2.75, 3.05) is 23.3 Å². The number of carbonyl (C=O) groups excluding carboxylic acids is 1. The second-order valence-corrected chi connectivity index (χ2v) is 6.11. The highest BCUT2D eigenvalue weighted by molar-refractivity contribution is 5.91. The Morgan fingerprint density at radius 2 is 2.10 bits per heavy atom. The summed E-state index contributed by atoms with van der Waals surface area (Å²) < 4.78 is 0. The molecule has 0 bridgehead atoms. The molecule has 0 aliphatic carbocycles. The zero-order valence-corrected chi connectivity index (χ0v) is 13.2. The van der Waals surface area contributed by atoms with E-state index in [-0.39, 0.29) is 11.9 Å². The van der Waals surface area contributed by atoms with Crippen LogP contribution in [0, 0.1) is 6.92 Å². The molecule has 2 rings (SSSR count). The number of aryl methyl sites for hydroxylation is 1. The molecule has 1 fully saturated rings. The van der Waals surface area contributed by atoms with Crippen molar-refractivity contribution in [3.05, 3.63) is 23.8 Å². The summed E-state index contributed by atoms with van der Waals surface area (Å²) in [6, 6.07) is 6.46. The van der Waals surface area contributed by atoms with E-state index in [9.17, 15) is 4.79 Å². The summed E-state index contributed by atoms with van der Waals surface area (Å²) in [6.45, 7) is 6.31. The van der Waals surface area contributed by atoms with Gasteiger partial charge < -0.3 is 16.0 Å². The molecule has 1 aromatic rings. The minimum Gasteiger partial charge on any atom is -0.372 e. The number of hydrogen-bond donors (Lipinski definition) is 2. The molecule has 1 heterocycles. The summed E-state index contributed by atoms with van der Waals surface area (Å²) in [7, 11) is 0. The number of benzene rings is 1. The molecule has 1 aromatic carbocycles. The van der Waals surface area contributed by atoms with Crippen molar-refractivity contribution in [1.82, 2.24) is 0 Å². The first kappa shape index (κ1) is 15.8. The Labute approximate surface area is 127 Å². The maximum atomic E-state index is 11.9. The van der Waals surface area contributed by atoms with E-state index < -0.39 is 0 Å². The lowest BCUT2D eigenvalue weighted by Crippen LogP contribution is -2.18. The molecule has 1 saturated heterocycles. The van der Waals surface area contributed by atoms with E-state index in [4.69, 9.17) is 5.73 Å². The average molecular weight is 289 g/mol. The lowest BCUT2D eigenvalue weighted by Gasteiger charge is -2.19. The third-order valence-electron chi connectivity index (χ3n) is 4.02. The van der Waals surface area contributed by atoms with Crippen molar-refractivity contribution in [3.8, 4) is 0 Å². The fourth-order valence-electron chi connectivity index (χ4n) is 2.76. The maximum Gasteiger partial charge on any atom is 0.224 e. The Bertz CT molecular complexity index is 479. The summed E-state index contributed by atoms with van der Waals surface area (Å²) in [5.41, 5.74) is 9.00. The van der Waals surface area contributed by atoms with Crippen LogP contribution in [0.2, 0.25) is 0 Å². The minimum atomic E-state index is 0.0765. The molecule has 1 aliphatic rings. The van der Waals surface area contributed by atoms with E-state index in [1.54, 1.807) is 0 Å². The lowest BCUT2D eigenvalue weighted by atomic mass is 10.1. The summed E-state index contributed by atoms with van der Waals surface area (Å²) in [5.74, 6) is 0.0765. The predicted molar refractivity (Wildman–Crippen MR) is 88.8 cm³/mol. The molecule has 1 atom stereocenters. The summed E-state index contributed by atoms with van der Waals surface area (Å²) >= 11 is 0. The van der Waals surface area contributed by atoms with E-state index in [0.29, 0.717) is 6.42 Å². The molecule has 4 nitrogen and oxygen atoms in total. The first-order chi connectivity index (χ1) is 10.1. The fourth-order valence-corrected chi connectivity index (χ4v) is 2.76. The van der Waals surface area contributed by atoms with Crippen molar-refractivity contribution < 1.29 is 4.79 Å². The Kier molecular flexibility index (Phi) is 5.62. The van der Waals surface area contributed by atoms with Gasteiger partial charge in [-0.15, -0.1) is 0 Å². The van der Waals surface area contributed by atoms with Crippen LogP contribution >= 0.6 is 0 Å². The Morgan fingerprint density at radius 3 is 2.71 bits per heavy atom. The van der Waals surface area contributed by atoms with Crippen molar-refractivity contribution in [3.63, 3.8) is 0 Å². The summed E-state index contributed by atoms with van der Waals surface area (Å²) in [6.07, 6.45) is 4.82. The molecule has 0 saturated carbocycles. The van der Waals surface area contributed by atoms with Gasteiger partial charge in [0.2, 0.25) is 5.91 Å². The second kappa shape index (κ2) is 7.46. The van der Waals surface area contributed by atoms with Gasteiger partial charge in [-0.3, -0.25) is 4.79 Å². The number of amides is 1. The molecular formula is C17H27N3O. The van der Waals surface area contributed by atoms with Crippen LogP contribution in [0.5, 0.6) is 0 Å². The van der Waals surface area contributed by atoms with Gasteiger partial charge in [-0.25, -0.2) is 0 Å². The van der Waals surface area contributed by atoms with Gasteiger partial charge in [-0.1, -0.05) is 0 Å². The van der Waals surface area contributed by atoms with Crippen LogP contribution in [0.3, 0.4) is 0 Å². The van der Waals surface area contributed by atoms with Gasteiger partial charge in [0.05, 0.1) is 0 Å². The molecule has 116 valence electrons. The Hall–Kier alpha value is -1.55. The number of carbonyl (C=O) groups is 1. The molecule has 1 unspecified atom stereocenters. The lowest BCUT2D eigenvalue weighted by molar-refractivity contribution is -0.116. The van der Waals surface area contributed by atoms with Gasteiger partial charge in [0.25, 0.3) is 0 Å². The SMILES string of the molecule is Cc1cc(N2CCCC2)ccc1NC(=O)CCCC(C)N. The monoisotopic (exact) mass is 289 g/mol. The summed E-state index contributed by atoms with van der Waals surface area (Å²) in [4.78, 5) is 14.3. The van der Waals surface area contributed by atoms with E-state index in [0.717, 1.165) is 37.2 Å². The quantitative estimate of drug-likeness (QED) is 0.846. The van der Waals surface area contributed by atoms with Crippen LogP contribution < -0.4 is 16.0 Å². The van der Waals surface area contributed by atoms with Crippen LogP contribution in [0.15, 0.2) is 18.2 Å². The van der Waals surface area contributed by atoms with Crippen LogP contribution in [0.1, 0.15) is 44.6 Å². The normalized spacial score (nSPS) is 16.0. The highest BCUT2D eigenvalue weighted by Gasteiger charge is 2.13. The smallest absolute Gasteiger partial charge is 0.224 e. The van der Waals surface area contributed by atoms with Crippen LogP contribution in [0.25, 0.3) is 0 Å². The summed E-state index contributed by atoms with van der Waals surface area (Å²) in [5, 5.41) is 3.00. The number of anilines is 2. The molecule has 1 amide bonds. The largest absolute Gasteiger partial charge is 0.372 e. The number of nitrogens with zero attached hydrogens (tertiary/aromatic N) is 1. The van der Waals surface area contributed by atoms with Crippen LogP contribution in [0.4, 0.5) is 11.4 Å². The Balaban J connectivity index is 1.89. The van der Waals surface area contributed by atoms with Crippen LogP contribution in [-0.4, -0.2) is 25.0 Å². The first-order valence-corrected chi connectivity index (χ1v) is 7.97. The van der Waals surface area contributed by atoms with E-state index >= 15 is 0 Å². The number of nitrogens with one attached hydrogen (secondary N) is 1. The van der Waals surface area contributed by atoms with E-state index in [2.05, 4.69) is 29.3 Å². The Morgan fingerprint density at radius 1 is 1.38 bits per heavy atom. The predicted octanol–water partition coefficient (Wildman–Crippen LogP) is 3.05. The average Bonchev–Trinajstić information content (AvgIpc) is 2.94. The maximum absolute atomic E-state index is 11.9. The fraction of sp³-hybridized carbons (Fsp3) is 0.588. The number of rotatable bonds is 6. The molecule has 3 N–H and O–H groups in total. The zero-order chi connectivity index (χ0) is 15.2. The topological polar surface area (TPSA) is 58.4 Å². The van der Waals surface area contributed by atoms with Gasteiger partial charge in [0, 0.05) is 36.9 Å². The van der Waals surface area contributed by atoms with Gasteiger partial charge in [0.1, 0.15) is 0 Å². The highest BCUT2D eigenvalue weighted by atomic mass is 16.1. The number of hydrogen-bond acceptors (Lipinski definition) is 3. The highest BCUT2D eigenvalue weighted by Crippen LogP contribution is 2.25. The molecule has 0 spiro atoms. The van der Waals surface area contributed by atoms with Gasteiger partial charge in [-0.05, 0) is 63.3 Å². The molecule has 4 heteroatoms. The second-order valence-electron chi connectivity index (χ2n) is 6.11. The standard InChI is InChI=1S/C17H27N3O/c1-13-12-15(20-10-3-4-11-20)8-9-16(13)19-17(21)7-5-6-14(2)18/h8-9,12,14H,3-7,10-11,18H2,1-2H3,(H,19,21). The van der Waals surface area contributed by atoms with Crippen molar-refractivity contribution >= 4 is 17.3 Å². The zero-order valence-electron chi connectivity index (χ0n) is 13.2. The van der Waals surface area contributed by atoms with Gasteiger partial charge >= 0.3 is 0 Å². The third kappa shape index (κ3) is 4.74. The molecule has 0 radical (unpaired) electrons. The first-order valence-electron chi connectivity index (χ1n) is 7.97. The van der Waals surface area contributed by atoms with E-state index in [1.165, 1.54) is 18.5 Å². The molecule has 21 heavy (non-hydrogen) atoms. The molecular weight excluding hydrogens is 262 g/mol. The van der Waals surface area contributed by atoms with Crippen LogP contribution in [-0.2, 0) is 4.79 Å². The number of nitrogens with two attached hydrogens (primary N) is 1. The van der Waals surface area contributed by atoms with Crippen molar-refractivity contribution in [2.45, 2.75) is 52.0 Å². The van der Waals surface area contributed by atoms with Gasteiger partial charge in [-0.2, -0.15) is 0 Å². The van der Waals surface area contributed by atoms with Crippen molar-refractivity contribution in [1.29, 1.82) is 0 Å². The third-order valence-corrected chi connectivity index (χ3v) is 4.02. The van der Waals surface area contributed by atoms with Crippen molar-refractivity contribution in [2.24, 2.45) is 5.73 Å². The van der Waals surface area contributed by atoms with Gasteiger partial charge in [0.15, 0.2) is 0 Å². The van der Waals surface area contributed by atoms with E-state index in [1.807, 2.05) is 13.0 Å². The molecule has 0 aromatic heterocycles.